The Bertz CT molecular complexity index is 742. The molecule has 0 aliphatic heterocycles. The van der Waals surface area contributed by atoms with Gasteiger partial charge in [-0.05, 0) is 66.5 Å². The first-order chi connectivity index (χ1) is 12.0. The fraction of sp³-hybridized carbons (Fsp3) is 0.360. The maximum atomic E-state index is 4.42. The van der Waals surface area contributed by atoms with Gasteiger partial charge in [0, 0.05) is 0 Å². The van der Waals surface area contributed by atoms with Gasteiger partial charge in [-0.2, -0.15) is 0 Å². The Morgan fingerprint density at radius 3 is 2.36 bits per heavy atom. The van der Waals surface area contributed by atoms with Crippen LogP contribution in [0.1, 0.15) is 69.6 Å². The average molecular weight is 333 g/mol. The molecule has 132 valence electrons. The minimum Gasteiger partial charge on any atom is -0.0991 e. The summed E-state index contributed by atoms with van der Waals surface area (Å²) < 4.78 is 0. The summed E-state index contributed by atoms with van der Waals surface area (Å²) in [6, 6.07) is 6.85. The lowest BCUT2D eigenvalue weighted by atomic mass is 9.86. The number of benzene rings is 1. The first-order valence-electron chi connectivity index (χ1n) is 9.53. The molecule has 2 rings (SSSR count). The van der Waals surface area contributed by atoms with Gasteiger partial charge in [-0.15, -0.1) is 0 Å². The lowest BCUT2D eigenvalue weighted by molar-refractivity contribution is 0.805. The van der Waals surface area contributed by atoms with Gasteiger partial charge >= 0.3 is 0 Å². The van der Waals surface area contributed by atoms with Crippen LogP contribution in [0.4, 0.5) is 0 Å². The van der Waals surface area contributed by atoms with Gasteiger partial charge in [0.15, 0.2) is 0 Å². The molecule has 1 aliphatic carbocycles. The molecule has 0 aromatic heterocycles. The molecule has 1 aromatic carbocycles. The van der Waals surface area contributed by atoms with Crippen LogP contribution in [0.15, 0.2) is 66.3 Å². The molecular weight excluding hydrogens is 300 g/mol. The smallest absolute Gasteiger partial charge is 0.00226 e. The third-order valence-corrected chi connectivity index (χ3v) is 4.98. The van der Waals surface area contributed by atoms with Crippen molar-refractivity contribution < 1.29 is 0 Å². The molecule has 0 atom stereocenters. The summed E-state index contributed by atoms with van der Waals surface area (Å²) in [4.78, 5) is 0. The summed E-state index contributed by atoms with van der Waals surface area (Å²) >= 11 is 0. The Hall–Kier alpha value is -2.08. The second-order valence-corrected chi connectivity index (χ2v) is 7.05. The number of allylic oxidation sites excluding steroid dienone is 8. The number of hydrogen-bond donors (Lipinski definition) is 0. The van der Waals surface area contributed by atoms with Gasteiger partial charge in [0.05, 0.1) is 0 Å². The molecule has 0 radical (unpaired) electrons. The molecule has 0 saturated carbocycles. The minimum atomic E-state index is 0.904. The van der Waals surface area contributed by atoms with Gasteiger partial charge in [-0.25, -0.2) is 0 Å². The third-order valence-electron chi connectivity index (χ3n) is 4.98. The van der Waals surface area contributed by atoms with Crippen LogP contribution in [0.5, 0.6) is 0 Å². The normalized spacial score (nSPS) is 14.7. The third kappa shape index (κ3) is 4.31. The highest BCUT2D eigenvalue weighted by atomic mass is 14.3. The second-order valence-electron chi connectivity index (χ2n) is 7.05. The lowest BCUT2D eigenvalue weighted by Gasteiger charge is -2.18. The van der Waals surface area contributed by atoms with Crippen LogP contribution < -0.4 is 0 Å². The number of aryl methyl sites for hydroxylation is 1. The minimum absolute atomic E-state index is 0.904. The van der Waals surface area contributed by atoms with E-state index in [1.165, 1.54) is 64.7 Å². The van der Waals surface area contributed by atoms with Crippen LogP contribution in [0.25, 0.3) is 11.1 Å². The summed E-state index contributed by atoms with van der Waals surface area (Å²) in [5, 5.41) is 0. The van der Waals surface area contributed by atoms with Crippen LogP contribution in [0, 0.1) is 6.92 Å². The van der Waals surface area contributed by atoms with Crippen molar-refractivity contribution in [3.63, 3.8) is 0 Å². The van der Waals surface area contributed by atoms with Crippen molar-refractivity contribution in [3.8, 4) is 0 Å². The molecule has 0 heteroatoms. The van der Waals surface area contributed by atoms with Gasteiger partial charge < -0.3 is 0 Å². The molecule has 25 heavy (non-hydrogen) atoms. The zero-order valence-corrected chi connectivity index (χ0v) is 16.4. The maximum Gasteiger partial charge on any atom is -0.00226 e. The fourth-order valence-electron chi connectivity index (χ4n) is 3.79. The van der Waals surface area contributed by atoms with Crippen molar-refractivity contribution in [3.05, 3.63) is 83.0 Å². The van der Waals surface area contributed by atoms with Gasteiger partial charge in [0.2, 0.25) is 0 Å². The van der Waals surface area contributed by atoms with Crippen molar-refractivity contribution in [2.75, 3.05) is 0 Å². The lowest BCUT2D eigenvalue weighted by Crippen LogP contribution is -1.98. The van der Waals surface area contributed by atoms with E-state index >= 15 is 0 Å². The van der Waals surface area contributed by atoms with E-state index in [1.807, 2.05) is 12.2 Å². The van der Waals surface area contributed by atoms with E-state index in [1.54, 1.807) is 5.57 Å². The Labute approximate surface area is 154 Å². The Kier molecular flexibility index (Phi) is 6.82. The summed E-state index contributed by atoms with van der Waals surface area (Å²) in [6.45, 7) is 17.3. The highest BCUT2D eigenvalue weighted by Crippen LogP contribution is 2.42. The van der Waals surface area contributed by atoms with Crippen LogP contribution in [0.2, 0.25) is 0 Å². The average Bonchev–Trinajstić information content (AvgIpc) is 2.68. The van der Waals surface area contributed by atoms with Gasteiger partial charge in [0.25, 0.3) is 0 Å². The van der Waals surface area contributed by atoms with Crippen molar-refractivity contribution in [1.82, 2.24) is 0 Å². The molecule has 0 unspecified atom stereocenters. The molecule has 0 spiro atoms. The van der Waals surface area contributed by atoms with Crippen molar-refractivity contribution in [1.29, 1.82) is 0 Å². The molecule has 0 bridgehead atoms. The van der Waals surface area contributed by atoms with Crippen LogP contribution in [-0.2, 0) is 0 Å². The quantitative estimate of drug-likeness (QED) is 0.466. The molecule has 0 heterocycles. The Morgan fingerprint density at radius 2 is 1.76 bits per heavy atom. The van der Waals surface area contributed by atoms with Crippen molar-refractivity contribution >= 4 is 11.1 Å². The van der Waals surface area contributed by atoms with E-state index in [-0.39, 0.29) is 0 Å². The van der Waals surface area contributed by atoms with E-state index in [4.69, 9.17) is 0 Å². The first kappa shape index (κ1) is 19.2. The molecule has 0 amide bonds. The first-order valence-corrected chi connectivity index (χ1v) is 9.53. The molecular formula is C25H32. The van der Waals surface area contributed by atoms with Crippen molar-refractivity contribution in [2.24, 2.45) is 0 Å². The van der Waals surface area contributed by atoms with E-state index in [0.717, 1.165) is 6.42 Å². The van der Waals surface area contributed by atoms with E-state index < -0.39 is 0 Å². The molecule has 0 saturated heterocycles. The van der Waals surface area contributed by atoms with E-state index in [0.29, 0.717) is 0 Å². The van der Waals surface area contributed by atoms with E-state index in [9.17, 15) is 0 Å². The molecule has 0 nitrogen and oxygen atoms in total. The van der Waals surface area contributed by atoms with Crippen molar-refractivity contribution in [2.45, 2.75) is 59.8 Å². The topological polar surface area (TPSA) is 0 Å². The maximum absolute atomic E-state index is 4.42. The Morgan fingerprint density at radius 1 is 1.08 bits per heavy atom. The highest BCUT2D eigenvalue weighted by Gasteiger charge is 2.21. The zero-order valence-electron chi connectivity index (χ0n) is 16.4. The monoisotopic (exact) mass is 332 g/mol. The summed E-state index contributed by atoms with van der Waals surface area (Å²) in [6.07, 6.45) is 11.7. The zero-order chi connectivity index (χ0) is 18.4. The highest BCUT2D eigenvalue weighted by molar-refractivity contribution is 5.91. The Balaban J connectivity index is 2.81. The molecule has 1 aliphatic rings. The predicted molar refractivity (Wildman–Crippen MR) is 114 cm³/mol. The molecule has 0 fully saturated rings. The number of rotatable bonds is 6. The summed E-state index contributed by atoms with van der Waals surface area (Å²) in [7, 11) is 0. The van der Waals surface area contributed by atoms with Crippen LogP contribution >= 0.6 is 0 Å². The van der Waals surface area contributed by atoms with Crippen LogP contribution in [-0.4, -0.2) is 0 Å². The number of hydrogen-bond acceptors (Lipinski definition) is 0. The van der Waals surface area contributed by atoms with Gasteiger partial charge in [-0.3, -0.25) is 0 Å². The van der Waals surface area contributed by atoms with E-state index in [2.05, 4.69) is 65.1 Å². The molecule has 0 N–H and O–H groups in total. The molecule has 1 aromatic rings. The van der Waals surface area contributed by atoms with Crippen LogP contribution in [0.3, 0.4) is 0 Å². The summed E-state index contributed by atoms with van der Waals surface area (Å²) in [5.74, 6) is 0. The van der Waals surface area contributed by atoms with Gasteiger partial charge in [-0.1, -0.05) is 87.4 Å². The van der Waals surface area contributed by atoms with Gasteiger partial charge in [0.1, 0.15) is 0 Å². The number of fused-ring (bicyclic) bond motifs is 1. The predicted octanol–water partition coefficient (Wildman–Crippen LogP) is 7.82. The second kappa shape index (κ2) is 8.85. The summed E-state index contributed by atoms with van der Waals surface area (Å²) in [5.41, 5.74) is 11.0. The SMILES string of the molecule is C=C/C=C\C1=C(C)C(=C(CCC)CCC)c2ccc(C)cc2C(=C)C1. The standard InChI is InChI=1S/C25H32/c1-7-10-13-22-17-19(5)24-16-18(4)14-15-23(24)25(20(22)6)21(11-8-2)12-9-3/h7,10,13-16H,1,5,8-9,11-12,17H2,2-4,6H3/b13-10-. The fourth-order valence-corrected chi connectivity index (χ4v) is 3.79. The largest absolute Gasteiger partial charge is 0.0991 e.